The van der Waals surface area contributed by atoms with Gasteiger partial charge in [0.1, 0.15) is 5.82 Å². The topological polar surface area (TPSA) is 51.2 Å². The Bertz CT molecular complexity index is 879. The second-order valence-electron chi connectivity index (χ2n) is 5.37. The molecule has 2 aromatic rings. The van der Waals surface area contributed by atoms with Crippen molar-refractivity contribution in [1.82, 2.24) is 0 Å². The van der Waals surface area contributed by atoms with Gasteiger partial charge in [0.15, 0.2) is 15.6 Å². The highest BCUT2D eigenvalue weighted by atomic mass is 35.5. The quantitative estimate of drug-likeness (QED) is 0.597. The summed E-state index contributed by atoms with van der Waals surface area (Å²) in [6, 6.07) is 9.06. The molecule has 2 unspecified atom stereocenters. The van der Waals surface area contributed by atoms with E-state index in [9.17, 15) is 17.6 Å². The Kier molecular flexibility index (Phi) is 4.21. The van der Waals surface area contributed by atoms with Crippen LogP contribution in [-0.4, -0.2) is 19.5 Å². The molecule has 1 aliphatic carbocycles. The Morgan fingerprint density at radius 2 is 1.70 bits per heavy atom. The Balaban J connectivity index is 1.81. The third-order valence-electron chi connectivity index (χ3n) is 3.81. The summed E-state index contributed by atoms with van der Waals surface area (Å²) >= 11 is 11.7. The second-order valence-corrected chi connectivity index (χ2v) is 8.35. The number of hydrogen-bond acceptors (Lipinski definition) is 3. The summed E-state index contributed by atoms with van der Waals surface area (Å²) < 4.78 is 37.8. The average molecular weight is 373 g/mol. The van der Waals surface area contributed by atoms with Gasteiger partial charge >= 0.3 is 0 Å². The second kappa shape index (κ2) is 5.89. The van der Waals surface area contributed by atoms with Crippen molar-refractivity contribution in [2.45, 2.75) is 16.6 Å². The number of carbonyl (C=O) groups excluding carboxylic acids is 1. The van der Waals surface area contributed by atoms with Crippen molar-refractivity contribution in [3.05, 3.63) is 63.9 Å². The summed E-state index contributed by atoms with van der Waals surface area (Å²) in [5.74, 6) is -1.40. The van der Waals surface area contributed by atoms with Crippen LogP contribution in [-0.2, 0) is 9.84 Å². The first-order chi connectivity index (χ1) is 10.8. The lowest BCUT2D eigenvalue weighted by atomic mass is 10.1. The molecule has 0 aliphatic heterocycles. The van der Waals surface area contributed by atoms with Crippen molar-refractivity contribution in [2.24, 2.45) is 5.92 Å². The number of sulfone groups is 1. The summed E-state index contributed by atoms with van der Waals surface area (Å²) in [5, 5.41) is -0.208. The van der Waals surface area contributed by atoms with E-state index in [-0.39, 0.29) is 22.1 Å². The fraction of sp³-hybridized carbons (Fsp3) is 0.188. The van der Waals surface area contributed by atoms with Gasteiger partial charge in [-0.25, -0.2) is 12.8 Å². The van der Waals surface area contributed by atoms with Gasteiger partial charge in [-0.2, -0.15) is 0 Å². The molecule has 0 aromatic heterocycles. The largest absolute Gasteiger partial charge is 0.294 e. The molecule has 7 heteroatoms. The summed E-state index contributed by atoms with van der Waals surface area (Å²) in [5.41, 5.74) is 0.334. The highest BCUT2D eigenvalue weighted by molar-refractivity contribution is 7.92. The van der Waals surface area contributed by atoms with Crippen LogP contribution >= 0.6 is 23.2 Å². The lowest BCUT2D eigenvalue weighted by Crippen LogP contribution is -2.14. The van der Waals surface area contributed by atoms with E-state index in [2.05, 4.69) is 0 Å². The van der Waals surface area contributed by atoms with Gasteiger partial charge in [-0.15, -0.1) is 0 Å². The number of hydrogen-bond donors (Lipinski definition) is 0. The zero-order valence-corrected chi connectivity index (χ0v) is 14.0. The lowest BCUT2D eigenvalue weighted by Gasteiger charge is -2.05. The van der Waals surface area contributed by atoms with Crippen molar-refractivity contribution in [3.63, 3.8) is 0 Å². The van der Waals surface area contributed by atoms with Crippen LogP contribution in [0.2, 0.25) is 10.0 Å². The van der Waals surface area contributed by atoms with Crippen LogP contribution in [0.3, 0.4) is 0 Å². The first-order valence-corrected chi connectivity index (χ1v) is 9.09. The minimum absolute atomic E-state index is 0.0216. The van der Waals surface area contributed by atoms with Gasteiger partial charge in [0, 0.05) is 11.5 Å². The monoisotopic (exact) mass is 372 g/mol. The van der Waals surface area contributed by atoms with E-state index in [1.807, 2.05) is 0 Å². The van der Waals surface area contributed by atoms with Gasteiger partial charge < -0.3 is 0 Å². The van der Waals surface area contributed by atoms with Crippen LogP contribution in [0, 0.1) is 11.7 Å². The Labute approximate surface area is 143 Å². The lowest BCUT2D eigenvalue weighted by molar-refractivity contribution is 0.0968. The molecule has 0 saturated heterocycles. The molecule has 23 heavy (non-hydrogen) atoms. The molecule has 1 saturated carbocycles. The Morgan fingerprint density at radius 3 is 2.30 bits per heavy atom. The van der Waals surface area contributed by atoms with Gasteiger partial charge in [0.05, 0.1) is 20.2 Å². The van der Waals surface area contributed by atoms with Crippen LogP contribution < -0.4 is 0 Å². The van der Waals surface area contributed by atoms with E-state index in [1.165, 1.54) is 30.3 Å². The number of carbonyl (C=O) groups is 1. The van der Waals surface area contributed by atoms with Crippen LogP contribution in [0.25, 0.3) is 0 Å². The molecule has 2 aromatic carbocycles. The smallest absolute Gasteiger partial charge is 0.181 e. The standard InChI is InChI=1S/C16H11Cl2FO3S/c17-13-6-1-9(7-14(13)18)16(20)12-8-15(12)23(21,22)11-4-2-10(19)3-5-11/h1-7,12,15H,8H2. The fourth-order valence-corrected chi connectivity index (χ4v) is 4.63. The molecular weight excluding hydrogens is 362 g/mol. The van der Waals surface area contributed by atoms with E-state index < -0.39 is 26.8 Å². The molecule has 3 rings (SSSR count). The minimum atomic E-state index is -3.65. The van der Waals surface area contributed by atoms with Crippen molar-refractivity contribution < 1.29 is 17.6 Å². The average Bonchev–Trinajstić information content (AvgIpc) is 3.31. The fourth-order valence-electron chi connectivity index (χ4n) is 2.45. The third-order valence-corrected chi connectivity index (χ3v) is 6.80. The molecule has 2 atom stereocenters. The molecule has 0 bridgehead atoms. The maximum Gasteiger partial charge on any atom is 0.181 e. The zero-order chi connectivity index (χ0) is 16.8. The molecule has 0 amide bonds. The van der Waals surface area contributed by atoms with Crippen molar-refractivity contribution in [3.8, 4) is 0 Å². The normalized spacial score (nSPS) is 20.3. The van der Waals surface area contributed by atoms with E-state index in [0.717, 1.165) is 12.1 Å². The summed E-state index contributed by atoms with van der Waals surface area (Å²) in [6.07, 6.45) is 0.249. The van der Waals surface area contributed by atoms with Gasteiger partial charge in [-0.05, 0) is 48.9 Å². The van der Waals surface area contributed by atoms with Crippen LogP contribution in [0.4, 0.5) is 4.39 Å². The highest BCUT2D eigenvalue weighted by Gasteiger charge is 2.52. The van der Waals surface area contributed by atoms with Crippen LogP contribution in [0.5, 0.6) is 0 Å². The molecule has 120 valence electrons. The molecule has 0 spiro atoms. The van der Waals surface area contributed by atoms with Gasteiger partial charge in [-0.1, -0.05) is 23.2 Å². The Morgan fingerprint density at radius 1 is 1.04 bits per heavy atom. The van der Waals surface area contributed by atoms with Crippen molar-refractivity contribution in [2.75, 3.05) is 0 Å². The number of benzene rings is 2. The predicted molar refractivity (Wildman–Crippen MR) is 86.3 cm³/mol. The molecular formula is C16H11Cl2FO3S. The Hall–Kier alpha value is -1.43. The van der Waals surface area contributed by atoms with E-state index >= 15 is 0 Å². The van der Waals surface area contributed by atoms with E-state index in [0.29, 0.717) is 10.6 Å². The highest BCUT2D eigenvalue weighted by Crippen LogP contribution is 2.43. The number of rotatable bonds is 4. The molecule has 0 N–H and O–H groups in total. The third kappa shape index (κ3) is 3.13. The summed E-state index contributed by atoms with van der Waals surface area (Å²) in [4.78, 5) is 12.4. The van der Waals surface area contributed by atoms with Crippen LogP contribution in [0.15, 0.2) is 47.4 Å². The molecule has 0 radical (unpaired) electrons. The van der Waals surface area contributed by atoms with Crippen LogP contribution in [0.1, 0.15) is 16.8 Å². The first kappa shape index (κ1) is 16.4. The predicted octanol–water partition coefficient (Wildman–Crippen LogP) is 4.18. The van der Waals surface area contributed by atoms with Gasteiger partial charge in [-0.3, -0.25) is 4.79 Å². The molecule has 1 aliphatic rings. The first-order valence-electron chi connectivity index (χ1n) is 6.79. The van der Waals surface area contributed by atoms with Gasteiger partial charge in [0.2, 0.25) is 0 Å². The number of Topliss-reactive ketones (excluding diaryl/α,β-unsaturated/α-hetero) is 1. The number of ketones is 1. The maximum absolute atomic E-state index is 12.9. The molecule has 1 fully saturated rings. The van der Waals surface area contributed by atoms with E-state index in [1.54, 1.807) is 0 Å². The SMILES string of the molecule is O=C(c1ccc(Cl)c(Cl)c1)C1CC1S(=O)(=O)c1ccc(F)cc1. The van der Waals surface area contributed by atoms with E-state index in [4.69, 9.17) is 23.2 Å². The summed E-state index contributed by atoms with van der Waals surface area (Å²) in [7, 11) is -3.65. The molecule has 0 heterocycles. The minimum Gasteiger partial charge on any atom is -0.294 e. The van der Waals surface area contributed by atoms with Gasteiger partial charge in [0.25, 0.3) is 0 Å². The molecule has 3 nitrogen and oxygen atoms in total. The zero-order valence-electron chi connectivity index (χ0n) is 11.7. The summed E-state index contributed by atoms with van der Waals surface area (Å²) in [6.45, 7) is 0. The maximum atomic E-state index is 12.9. The van der Waals surface area contributed by atoms with Crippen molar-refractivity contribution in [1.29, 1.82) is 0 Å². The number of halogens is 3. The van der Waals surface area contributed by atoms with Crippen molar-refractivity contribution >= 4 is 38.8 Å².